The molecular weight excluding hydrogens is 260 g/mol. The molecule has 0 bridgehead atoms. The van der Waals surface area contributed by atoms with Gasteiger partial charge in [0.15, 0.2) is 0 Å². The largest absolute Gasteiger partial charge is 0.398 e. The molecule has 4 nitrogen and oxygen atoms in total. The molecule has 2 rings (SSSR count). The number of aryl methyl sites for hydroxylation is 1. The third-order valence-electron chi connectivity index (χ3n) is 2.86. The Bertz CT molecular complexity index is 695. The van der Waals surface area contributed by atoms with Crippen molar-refractivity contribution in [2.24, 2.45) is 0 Å². The van der Waals surface area contributed by atoms with Crippen molar-refractivity contribution in [1.29, 1.82) is 0 Å². The number of rotatable bonds is 3. The van der Waals surface area contributed by atoms with Crippen LogP contribution in [0.4, 0.5) is 11.4 Å². The lowest BCUT2D eigenvalue weighted by Gasteiger charge is -2.12. The first-order valence-electron chi connectivity index (χ1n) is 5.85. The molecular formula is C14H16N2O2S. The van der Waals surface area contributed by atoms with Crippen molar-refractivity contribution < 1.29 is 8.42 Å². The van der Waals surface area contributed by atoms with E-state index in [-0.39, 0.29) is 4.90 Å². The fourth-order valence-electron chi connectivity index (χ4n) is 1.85. The Labute approximate surface area is 113 Å². The molecule has 2 aromatic rings. The number of sulfonamides is 1. The maximum Gasteiger partial charge on any atom is 0.262 e. The van der Waals surface area contributed by atoms with Gasteiger partial charge in [0.05, 0.1) is 4.90 Å². The SMILES string of the molecule is Cc1cc(N)c(C)c(S(=O)(=O)Nc2ccccc2)c1. The lowest BCUT2D eigenvalue weighted by molar-refractivity contribution is 0.600. The van der Waals surface area contributed by atoms with E-state index in [2.05, 4.69) is 4.72 Å². The summed E-state index contributed by atoms with van der Waals surface area (Å²) in [5.41, 5.74) is 8.21. The molecule has 0 unspecified atom stereocenters. The second-order valence-corrected chi connectivity index (χ2v) is 6.10. The Kier molecular flexibility index (Phi) is 3.48. The van der Waals surface area contributed by atoms with Gasteiger partial charge in [-0.3, -0.25) is 4.72 Å². The summed E-state index contributed by atoms with van der Waals surface area (Å²) < 4.78 is 27.3. The van der Waals surface area contributed by atoms with Gasteiger partial charge in [-0.1, -0.05) is 18.2 Å². The molecule has 19 heavy (non-hydrogen) atoms. The number of hydrogen-bond acceptors (Lipinski definition) is 3. The minimum Gasteiger partial charge on any atom is -0.398 e. The van der Waals surface area contributed by atoms with Gasteiger partial charge < -0.3 is 5.73 Å². The first-order valence-corrected chi connectivity index (χ1v) is 7.33. The van der Waals surface area contributed by atoms with Crippen LogP contribution >= 0.6 is 0 Å². The number of benzene rings is 2. The molecule has 0 radical (unpaired) electrons. The zero-order valence-electron chi connectivity index (χ0n) is 10.8. The lowest BCUT2D eigenvalue weighted by atomic mass is 10.1. The van der Waals surface area contributed by atoms with E-state index in [1.54, 1.807) is 43.3 Å². The number of nitrogens with one attached hydrogen (secondary N) is 1. The molecule has 0 fully saturated rings. The van der Waals surface area contributed by atoms with E-state index in [1.165, 1.54) is 0 Å². The van der Waals surface area contributed by atoms with Crippen LogP contribution in [0.5, 0.6) is 0 Å². The number of para-hydroxylation sites is 1. The first kappa shape index (κ1) is 13.4. The van der Waals surface area contributed by atoms with Gasteiger partial charge in [0.1, 0.15) is 0 Å². The third kappa shape index (κ3) is 2.88. The van der Waals surface area contributed by atoms with Gasteiger partial charge in [-0.25, -0.2) is 8.42 Å². The molecule has 0 amide bonds. The van der Waals surface area contributed by atoms with Crippen LogP contribution in [-0.2, 0) is 10.0 Å². The fraction of sp³-hybridized carbons (Fsp3) is 0.143. The van der Waals surface area contributed by atoms with Gasteiger partial charge in [0.25, 0.3) is 10.0 Å². The third-order valence-corrected chi connectivity index (χ3v) is 4.37. The van der Waals surface area contributed by atoms with Crippen molar-refractivity contribution >= 4 is 21.4 Å². The van der Waals surface area contributed by atoms with E-state index in [0.717, 1.165) is 5.56 Å². The van der Waals surface area contributed by atoms with Crippen LogP contribution in [0.3, 0.4) is 0 Å². The molecule has 100 valence electrons. The molecule has 0 atom stereocenters. The Morgan fingerprint density at radius 3 is 2.32 bits per heavy atom. The highest BCUT2D eigenvalue weighted by molar-refractivity contribution is 7.92. The highest BCUT2D eigenvalue weighted by Crippen LogP contribution is 2.24. The van der Waals surface area contributed by atoms with Crippen molar-refractivity contribution in [3.05, 3.63) is 53.6 Å². The smallest absolute Gasteiger partial charge is 0.262 e. The molecule has 2 aromatic carbocycles. The Morgan fingerprint density at radius 2 is 1.68 bits per heavy atom. The van der Waals surface area contributed by atoms with Crippen LogP contribution in [-0.4, -0.2) is 8.42 Å². The van der Waals surface area contributed by atoms with Crippen LogP contribution in [0.25, 0.3) is 0 Å². The summed E-state index contributed by atoms with van der Waals surface area (Å²) in [6.07, 6.45) is 0. The zero-order valence-corrected chi connectivity index (χ0v) is 11.7. The average molecular weight is 276 g/mol. The summed E-state index contributed by atoms with van der Waals surface area (Å²) in [6, 6.07) is 12.2. The van der Waals surface area contributed by atoms with Gasteiger partial charge in [-0.15, -0.1) is 0 Å². The Morgan fingerprint density at radius 1 is 1.05 bits per heavy atom. The van der Waals surface area contributed by atoms with E-state index in [1.807, 2.05) is 13.0 Å². The average Bonchev–Trinajstić information content (AvgIpc) is 2.34. The normalized spacial score (nSPS) is 11.3. The summed E-state index contributed by atoms with van der Waals surface area (Å²) in [6.45, 7) is 3.52. The number of nitrogens with two attached hydrogens (primary N) is 1. The number of nitrogen functional groups attached to an aromatic ring is 1. The predicted molar refractivity (Wildman–Crippen MR) is 77.6 cm³/mol. The minimum absolute atomic E-state index is 0.217. The minimum atomic E-state index is -3.62. The zero-order chi connectivity index (χ0) is 14.0. The molecule has 3 N–H and O–H groups in total. The molecule has 0 aliphatic heterocycles. The van der Waals surface area contributed by atoms with Crippen LogP contribution in [0.1, 0.15) is 11.1 Å². The van der Waals surface area contributed by atoms with Crippen LogP contribution in [0.15, 0.2) is 47.4 Å². The van der Waals surface area contributed by atoms with Crippen LogP contribution < -0.4 is 10.5 Å². The van der Waals surface area contributed by atoms with Crippen LogP contribution in [0, 0.1) is 13.8 Å². The fourth-order valence-corrected chi connectivity index (χ4v) is 3.27. The number of anilines is 2. The second kappa shape index (κ2) is 4.93. The Balaban J connectivity index is 2.46. The van der Waals surface area contributed by atoms with Gasteiger partial charge in [-0.05, 0) is 49.2 Å². The molecule has 0 saturated heterocycles. The summed E-state index contributed by atoms with van der Waals surface area (Å²) in [7, 11) is -3.62. The topological polar surface area (TPSA) is 72.2 Å². The summed E-state index contributed by atoms with van der Waals surface area (Å²) >= 11 is 0. The maximum absolute atomic E-state index is 12.4. The summed E-state index contributed by atoms with van der Waals surface area (Å²) in [5.74, 6) is 0. The molecule has 0 saturated carbocycles. The second-order valence-electron chi connectivity index (χ2n) is 4.45. The van der Waals surface area contributed by atoms with Crippen molar-refractivity contribution in [1.82, 2.24) is 0 Å². The molecule has 0 spiro atoms. The molecule has 0 aliphatic rings. The highest BCUT2D eigenvalue weighted by Gasteiger charge is 2.18. The van der Waals surface area contributed by atoms with Crippen molar-refractivity contribution in [3.63, 3.8) is 0 Å². The molecule has 0 aliphatic carbocycles. The van der Waals surface area contributed by atoms with Crippen LogP contribution in [0.2, 0.25) is 0 Å². The van der Waals surface area contributed by atoms with Gasteiger partial charge in [0, 0.05) is 11.4 Å². The predicted octanol–water partition coefficient (Wildman–Crippen LogP) is 2.69. The van der Waals surface area contributed by atoms with E-state index in [0.29, 0.717) is 16.9 Å². The monoisotopic (exact) mass is 276 g/mol. The van der Waals surface area contributed by atoms with Crippen molar-refractivity contribution in [2.45, 2.75) is 18.7 Å². The van der Waals surface area contributed by atoms with Crippen molar-refractivity contribution in [3.8, 4) is 0 Å². The van der Waals surface area contributed by atoms with Gasteiger partial charge in [0.2, 0.25) is 0 Å². The maximum atomic E-state index is 12.4. The van der Waals surface area contributed by atoms with E-state index < -0.39 is 10.0 Å². The summed E-state index contributed by atoms with van der Waals surface area (Å²) in [4.78, 5) is 0.217. The van der Waals surface area contributed by atoms with E-state index >= 15 is 0 Å². The summed E-state index contributed by atoms with van der Waals surface area (Å²) in [5, 5.41) is 0. The standard InChI is InChI=1S/C14H16N2O2S/c1-10-8-13(15)11(2)14(9-10)19(17,18)16-12-6-4-3-5-7-12/h3-9,16H,15H2,1-2H3. The molecule has 0 heterocycles. The number of hydrogen-bond donors (Lipinski definition) is 2. The quantitative estimate of drug-likeness (QED) is 0.847. The highest BCUT2D eigenvalue weighted by atomic mass is 32.2. The molecule has 0 aromatic heterocycles. The first-order chi connectivity index (χ1) is 8.90. The van der Waals surface area contributed by atoms with Gasteiger partial charge >= 0.3 is 0 Å². The Hall–Kier alpha value is -2.01. The van der Waals surface area contributed by atoms with E-state index in [9.17, 15) is 8.42 Å². The van der Waals surface area contributed by atoms with Gasteiger partial charge in [-0.2, -0.15) is 0 Å². The lowest BCUT2D eigenvalue weighted by Crippen LogP contribution is -2.15. The van der Waals surface area contributed by atoms with E-state index in [4.69, 9.17) is 5.73 Å². The molecule has 5 heteroatoms. The van der Waals surface area contributed by atoms with Crippen molar-refractivity contribution in [2.75, 3.05) is 10.5 Å².